The van der Waals surface area contributed by atoms with E-state index >= 15 is 0 Å². The highest BCUT2D eigenvalue weighted by molar-refractivity contribution is 7.10. The van der Waals surface area contributed by atoms with Crippen molar-refractivity contribution in [3.05, 3.63) is 40.1 Å². The predicted molar refractivity (Wildman–Crippen MR) is 133 cm³/mol. The smallest absolute Gasteiger partial charge is 0.335 e. The van der Waals surface area contributed by atoms with Crippen LogP contribution in [0.5, 0.6) is 0 Å². The highest BCUT2D eigenvalue weighted by atomic mass is 32.1. The Morgan fingerprint density at radius 2 is 1.79 bits per heavy atom. The molecule has 0 bridgehead atoms. The molecule has 1 spiro atoms. The average molecular weight is 557 g/mol. The predicted octanol–water partition coefficient (Wildman–Crippen LogP) is 0.230. The van der Waals surface area contributed by atoms with Gasteiger partial charge in [-0.05, 0) is 37.0 Å². The summed E-state index contributed by atoms with van der Waals surface area (Å²) < 4.78 is 21.8. The van der Waals surface area contributed by atoms with E-state index in [0.29, 0.717) is 19.7 Å². The first kappa shape index (κ1) is 29.6. The summed E-state index contributed by atoms with van der Waals surface area (Å²) in [4.78, 5) is 37.3. The van der Waals surface area contributed by atoms with Crippen LogP contribution in [0.25, 0.3) is 0 Å². The number of amides is 1. The van der Waals surface area contributed by atoms with Crippen LogP contribution in [0, 0.1) is 11.0 Å². The van der Waals surface area contributed by atoms with Crippen LogP contribution in [0.15, 0.2) is 24.5 Å². The van der Waals surface area contributed by atoms with Gasteiger partial charge in [0.1, 0.15) is 5.60 Å². The highest BCUT2D eigenvalue weighted by Gasteiger charge is 2.43. The molecule has 38 heavy (non-hydrogen) atoms. The fraction of sp³-hybridized carbons (Fsp3) is 0.583. The van der Waals surface area contributed by atoms with Crippen molar-refractivity contribution in [3.8, 4) is 0 Å². The maximum atomic E-state index is 13.8. The molecule has 0 aliphatic carbocycles. The third-order valence-electron chi connectivity index (χ3n) is 6.65. The summed E-state index contributed by atoms with van der Waals surface area (Å²) in [7, 11) is 3.60. The van der Waals surface area contributed by atoms with Gasteiger partial charge in [-0.15, -0.1) is 11.3 Å². The van der Waals surface area contributed by atoms with Gasteiger partial charge in [-0.1, -0.05) is 0 Å². The number of carboxylic acid groups (broad SMARTS) is 2. The Hall–Kier alpha value is -2.91. The van der Waals surface area contributed by atoms with Crippen molar-refractivity contribution in [2.75, 3.05) is 40.3 Å². The number of carbonyl (C=O) groups is 3. The third-order valence-corrected chi connectivity index (χ3v) is 7.80. The molecule has 4 heterocycles. The molecule has 2 aromatic heterocycles. The Morgan fingerprint density at radius 3 is 2.32 bits per heavy atom. The van der Waals surface area contributed by atoms with Crippen LogP contribution in [-0.4, -0.2) is 110 Å². The maximum absolute atomic E-state index is 13.8. The number of rotatable bonds is 8. The molecule has 14 heteroatoms. The van der Waals surface area contributed by atoms with Gasteiger partial charge in [-0.3, -0.25) is 9.48 Å². The van der Waals surface area contributed by atoms with Gasteiger partial charge in [0.05, 0.1) is 19.1 Å². The Bertz CT molecular complexity index is 1080. The zero-order valence-corrected chi connectivity index (χ0v) is 22.0. The van der Waals surface area contributed by atoms with E-state index in [0.717, 1.165) is 42.8 Å². The van der Waals surface area contributed by atoms with Gasteiger partial charge in [-0.25, -0.2) is 9.59 Å². The number of carboxylic acids is 2. The minimum atomic E-state index is -2.27. The lowest BCUT2D eigenvalue weighted by Gasteiger charge is -2.44. The molecule has 1 saturated heterocycles. The van der Waals surface area contributed by atoms with Gasteiger partial charge in [0.25, 0.3) is 0 Å². The zero-order valence-electron chi connectivity index (χ0n) is 21.2. The summed E-state index contributed by atoms with van der Waals surface area (Å²) in [6.45, 7) is 3.61. The summed E-state index contributed by atoms with van der Waals surface area (Å²) >= 11 is 1.24. The molecule has 12 nitrogen and oxygen atoms in total. The minimum absolute atomic E-state index is 0.117. The maximum Gasteiger partial charge on any atom is 0.335 e. The summed E-state index contributed by atoms with van der Waals surface area (Å²) in [5.74, 6) is -3.57. The molecule has 0 aromatic carbocycles. The number of aliphatic carboxylic acids is 2. The number of aliphatic hydroxyl groups excluding tert-OH is 2. The number of halogens is 1. The second kappa shape index (κ2) is 12.8. The molecule has 3 atom stereocenters. The summed E-state index contributed by atoms with van der Waals surface area (Å²) in [5.41, 5.74) is 0.767. The van der Waals surface area contributed by atoms with E-state index in [4.69, 9.17) is 25.2 Å². The number of carbonyl (C=O) groups excluding carboxylic acids is 1. The lowest BCUT2D eigenvalue weighted by atomic mass is 9.85. The third kappa shape index (κ3) is 7.14. The molecule has 0 saturated carbocycles. The second-order valence-electron chi connectivity index (χ2n) is 9.52. The molecular formula is C24H33FN4O8S. The van der Waals surface area contributed by atoms with Gasteiger partial charge in [0.15, 0.2) is 17.3 Å². The molecule has 2 aliphatic heterocycles. The van der Waals surface area contributed by atoms with Crippen LogP contribution in [0.2, 0.25) is 0 Å². The molecule has 4 rings (SSSR count). The first-order valence-electron chi connectivity index (χ1n) is 12.1. The average Bonchev–Trinajstić information content (AvgIpc) is 3.53. The molecule has 210 valence electrons. The van der Waals surface area contributed by atoms with Crippen molar-refractivity contribution in [2.24, 2.45) is 5.92 Å². The van der Waals surface area contributed by atoms with E-state index in [1.165, 1.54) is 11.3 Å². The lowest BCUT2D eigenvalue weighted by molar-refractivity contribution is -0.165. The number of likely N-dealkylation sites (tertiary alicyclic amines) is 1. The van der Waals surface area contributed by atoms with Gasteiger partial charge < -0.3 is 35.0 Å². The monoisotopic (exact) mass is 556 g/mol. The molecule has 4 N–H and O–H groups in total. The summed E-state index contributed by atoms with van der Waals surface area (Å²) in [5, 5.41) is 36.7. The van der Waals surface area contributed by atoms with E-state index in [-0.39, 0.29) is 22.6 Å². The van der Waals surface area contributed by atoms with Crippen molar-refractivity contribution in [3.63, 3.8) is 0 Å². The number of hydrogen-bond donors (Lipinski definition) is 4. The number of piperidine rings is 1. The van der Waals surface area contributed by atoms with Crippen molar-refractivity contribution in [1.82, 2.24) is 19.6 Å². The number of aromatic nitrogens is 2. The van der Waals surface area contributed by atoms with Crippen molar-refractivity contribution in [1.29, 1.82) is 0 Å². The summed E-state index contributed by atoms with van der Waals surface area (Å²) in [6.07, 6.45) is 1.57. The molecular weight excluding hydrogens is 523 g/mol. The Labute approximate surface area is 222 Å². The number of aliphatic hydroxyl groups is 2. The first-order chi connectivity index (χ1) is 17.9. The SMILES string of the molecule is CN(C)C(=O)C(CN1CCC2(CC1)OCCc1cc(F)sc12)Cn1cccn1.O=C(O)C(O)C(O)C(=O)O. The fourth-order valence-corrected chi connectivity index (χ4v) is 5.79. The van der Waals surface area contributed by atoms with E-state index in [1.54, 1.807) is 31.3 Å². The number of hydrogen-bond acceptors (Lipinski definition) is 9. The number of thiophene rings is 1. The van der Waals surface area contributed by atoms with E-state index in [9.17, 15) is 18.8 Å². The first-order valence-corrected chi connectivity index (χ1v) is 12.9. The Morgan fingerprint density at radius 1 is 1.16 bits per heavy atom. The second-order valence-corrected chi connectivity index (χ2v) is 10.5. The minimum Gasteiger partial charge on any atom is -0.479 e. The van der Waals surface area contributed by atoms with Crippen LogP contribution in [0.4, 0.5) is 4.39 Å². The van der Waals surface area contributed by atoms with Crippen molar-refractivity contribution >= 4 is 29.2 Å². The molecule has 3 unspecified atom stereocenters. The zero-order chi connectivity index (χ0) is 28.0. The number of ether oxygens (including phenoxy) is 1. The van der Waals surface area contributed by atoms with Crippen LogP contribution >= 0.6 is 11.3 Å². The number of fused-ring (bicyclic) bond motifs is 2. The molecule has 2 aliphatic rings. The van der Waals surface area contributed by atoms with Gasteiger partial charge in [-0.2, -0.15) is 9.49 Å². The Kier molecular flexibility index (Phi) is 9.95. The van der Waals surface area contributed by atoms with Crippen LogP contribution in [0.3, 0.4) is 0 Å². The van der Waals surface area contributed by atoms with E-state index in [1.807, 2.05) is 16.9 Å². The van der Waals surface area contributed by atoms with Crippen LogP contribution < -0.4 is 0 Å². The van der Waals surface area contributed by atoms with Gasteiger partial charge in [0, 0.05) is 51.0 Å². The highest BCUT2D eigenvalue weighted by Crippen LogP contribution is 2.45. The fourth-order valence-electron chi connectivity index (χ4n) is 4.65. The van der Waals surface area contributed by atoms with Gasteiger partial charge in [0.2, 0.25) is 5.91 Å². The normalized spacial score (nSPS) is 19.0. The largest absolute Gasteiger partial charge is 0.479 e. The molecule has 1 amide bonds. The quantitative estimate of drug-likeness (QED) is 0.354. The van der Waals surface area contributed by atoms with Gasteiger partial charge >= 0.3 is 11.9 Å². The topological polar surface area (TPSA) is 166 Å². The lowest BCUT2D eigenvalue weighted by Crippen LogP contribution is -2.49. The van der Waals surface area contributed by atoms with Crippen molar-refractivity contribution in [2.45, 2.75) is 43.6 Å². The van der Waals surface area contributed by atoms with E-state index in [2.05, 4.69) is 10.00 Å². The van der Waals surface area contributed by atoms with Crippen LogP contribution in [0.1, 0.15) is 23.3 Å². The van der Waals surface area contributed by atoms with Crippen molar-refractivity contribution < 1.29 is 43.9 Å². The Balaban J connectivity index is 0.000000342. The number of nitrogens with zero attached hydrogens (tertiary/aromatic N) is 4. The molecule has 1 fully saturated rings. The molecule has 0 radical (unpaired) electrons. The van der Waals surface area contributed by atoms with Crippen LogP contribution in [-0.2, 0) is 37.7 Å². The standard InChI is InChI=1S/C20H27FN4O2S.C4H6O6/c1-23(2)19(26)16(14-25-8-3-7-22-25)13-24-9-5-20(6-10-24)18-15(4-11-27-20)12-17(21)28-18;5-1(3(7)8)2(6)4(9)10/h3,7-8,12,16H,4-6,9-11,13-14H2,1-2H3;1-2,5-6H,(H,7,8)(H,9,10). The summed E-state index contributed by atoms with van der Waals surface area (Å²) in [6, 6.07) is 3.55. The molecule has 2 aromatic rings. The van der Waals surface area contributed by atoms with E-state index < -0.39 is 24.1 Å².